The van der Waals surface area contributed by atoms with Crippen LogP contribution >= 0.6 is 15.9 Å². The number of anilines is 1. The molecule has 1 unspecified atom stereocenters. The van der Waals surface area contributed by atoms with Crippen molar-refractivity contribution < 1.29 is 0 Å². The molecule has 1 nitrogen and oxygen atoms in total. The summed E-state index contributed by atoms with van der Waals surface area (Å²) in [6, 6.07) is 5.05. The Labute approximate surface area is 126 Å². The van der Waals surface area contributed by atoms with E-state index in [9.17, 15) is 0 Å². The van der Waals surface area contributed by atoms with Crippen molar-refractivity contribution in [2.24, 2.45) is 5.41 Å². The van der Waals surface area contributed by atoms with Crippen LogP contribution in [0.25, 0.3) is 0 Å². The minimum atomic E-state index is 0.528. The summed E-state index contributed by atoms with van der Waals surface area (Å²) in [5, 5.41) is 3.80. The maximum Gasteiger partial charge on any atom is 0.0402 e. The van der Waals surface area contributed by atoms with E-state index in [2.05, 4.69) is 61.1 Å². The molecule has 0 heterocycles. The first-order valence-electron chi connectivity index (χ1n) is 7.41. The molecule has 0 amide bonds. The van der Waals surface area contributed by atoms with Gasteiger partial charge in [-0.3, -0.25) is 0 Å². The average molecular weight is 324 g/mol. The van der Waals surface area contributed by atoms with Crippen LogP contribution in [0.1, 0.15) is 57.1 Å². The molecule has 0 bridgehead atoms. The Morgan fingerprint density at radius 1 is 1.11 bits per heavy atom. The molecule has 1 atom stereocenters. The molecule has 0 saturated heterocycles. The minimum Gasteiger partial charge on any atom is -0.382 e. The first-order valence-corrected chi connectivity index (χ1v) is 8.20. The van der Waals surface area contributed by atoms with Crippen LogP contribution < -0.4 is 5.32 Å². The lowest BCUT2D eigenvalue weighted by molar-refractivity contribution is 0.313. The molecule has 1 N–H and O–H groups in total. The van der Waals surface area contributed by atoms with Crippen LogP contribution in [0.5, 0.6) is 0 Å². The van der Waals surface area contributed by atoms with E-state index in [4.69, 9.17) is 0 Å². The molecule has 0 radical (unpaired) electrons. The van der Waals surface area contributed by atoms with Crippen molar-refractivity contribution in [1.82, 2.24) is 0 Å². The van der Waals surface area contributed by atoms with E-state index >= 15 is 0 Å². The normalized spacial score (nSPS) is 22.9. The molecule has 2 heteroatoms. The highest BCUT2D eigenvalue weighted by molar-refractivity contribution is 9.10. The Morgan fingerprint density at radius 3 is 2.37 bits per heavy atom. The lowest BCUT2D eigenvalue weighted by Gasteiger charge is -2.23. The van der Waals surface area contributed by atoms with Gasteiger partial charge in [0.05, 0.1) is 0 Å². The maximum absolute atomic E-state index is 3.80. The van der Waals surface area contributed by atoms with Gasteiger partial charge in [-0.1, -0.05) is 36.2 Å². The monoisotopic (exact) mass is 323 g/mol. The molecule has 0 aliphatic heterocycles. The van der Waals surface area contributed by atoms with Crippen LogP contribution in [-0.4, -0.2) is 6.04 Å². The van der Waals surface area contributed by atoms with Gasteiger partial charge in [0.15, 0.2) is 0 Å². The van der Waals surface area contributed by atoms with Gasteiger partial charge < -0.3 is 5.32 Å². The van der Waals surface area contributed by atoms with Gasteiger partial charge in [-0.2, -0.15) is 0 Å². The van der Waals surface area contributed by atoms with Crippen molar-refractivity contribution in [3.8, 4) is 0 Å². The summed E-state index contributed by atoms with van der Waals surface area (Å²) in [5.74, 6) is 0. The number of benzene rings is 1. The van der Waals surface area contributed by atoms with Crippen molar-refractivity contribution in [1.29, 1.82) is 0 Å². The highest BCUT2D eigenvalue weighted by Crippen LogP contribution is 2.35. The fourth-order valence-electron chi connectivity index (χ4n) is 3.15. The zero-order valence-corrected chi connectivity index (χ0v) is 14.2. The summed E-state index contributed by atoms with van der Waals surface area (Å²) in [7, 11) is 0. The van der Waals surface area contributed by atoms with E-state index in [-0.39, 0.29) is 0 Å². The summed E-state index contributed by atoms with van der Waals surface area (Å²) < 4.78 is 1.18. The van der Waals surface area contributed by atoms with E-state index in [1.54, 1.807) is 0 Å². The molecule has 1 fully saturated rings. The lowest BCUT2D eigenvalue weighted by atomic mass is 9.85. The quantitative estimate of drug-likeness (QED) is 0.674. The van der Waals surface area contributed by atoms with Crippen LogP contribution in [0.2, 0.25) is 0 Å². The van der Waals surface area contributed by atoms with Gasteiger partial charge in [0.25, 0.3) is 0 Å². The topological polar surface area (TPSA) is 12.0 Å². The zero-order valence-electron chi connectivity index (χ0n) is 12.6. The zero-order chi connectivity index (χ0) is 14.0. The fraction of sp³-hybridized carbons (Fsp3) is 0.647. The lowest BCUT2D eigenvalue weighted by Crippen LogP contribution is -2.20. The highest BCUT2D eigenvalue weighted by Gasteiger charge is 2.24. The molecule has 1 aliphatic rings. The van der Waals surface area contributed by atoms with Crippen molar-refractivity contribution in [2.45, 2.75) is 65.8 Å². The van der Waals surface area contributed by atoms with E-state index in [0.717, 1.165) is 0 Å². The minimum absolute atomic E-state index is 0.528. The van der Waals surface area contributed by atoms with E-state index in [1.807, 2.05) is 0 Å². The number of aryl methyl sites for hydroxylation is 2. The molecule has 1 saturated carbocycles. The van der Waals surface area contributed by atoms with Crippen molar-refractivity contribution in [3.05, 3.63) is 27.7 Å². The van der Waals surface area contributed by atoms with Crippen molar-refractivity contribution in [3.63, 3.8) is 0 Å². The van der Waals surface area contributed by atoms with E-state index in [1.165, 1.54) is 53.4 Å². The van der Waals surface area contributed by atoms with Gasteiger partial charge in [0.2, 0.25) is 0 Å². The second-order valence-electron chi connectivity index (χ2n) is 6.85. The third-order valence-corrected chi connectivity index (χ3v) is 4.88. The van der Waals surface area contributed by atoms with Crippen LogP contribution in [0.3, 0.4) is 0 Å². The standard InChI is InChI=1S/C17H26BrN/c1-12-10-14(18)11-13(2)16(12)19-15-6-5-8-17(3,4)9-7-15/h10-11,15,19H,5-9H2,1-4H3. The molecule has 19 heavy (non-hydrogen) atoms. The predicted molar refractivity (Wildman–Crippen MR) is 87.9 cm³/mol. The Hall–Kier alpha value is -0.500. The third-order valence-electron chi connectivity index (χ3n) is 4.42. The summed E-state index contributed by atoms with van der Waals surface area (Å²) in [4.78, 5) is 0. The molecular formula is C17H26BrN. The van der Waals surface area contributed by atoms with Gasteiger partial charge in [-0.25, -0.2) is 0 Å². The summed E-state index contributed by atoms with van der Waals surface area (Å²) in [6.45, 7) is 9.21. The third kappa shape index (κ3) is 3.98. The highest BCUT2D eigenvalue weighted by atomic mass is 79.9. The Balaban J connectivity index is 2.09. The number of nitrogens with one attached hydrogen (secondary N) is 1. The summed E-state index contributed by atoms with van der Waals surface area (Å²) in [6.07, 6.45) is 6.64. The summed E-state index contributed by atoms with van der Waals surface area (Å²) in [5.41, 5.74) is 4.55. The Kier molecular flexibility index (Phi) is 4.60. The molecule has 2 rings (SSSR count). The van der Waals surface area contributed by atoms with Gasteiger partial charge in [0, 0.05) is 16.2 Å². The van der Waals surface area contributed by atoms with Crippen molar-refractivity contribution >= 4 is 21.6 Å². The average Bonchev–Trinajstić information content (AvgIpc) is 2.45. The molecular weight excluding hydrogens is 298 g/mol. The first-order chi connectivity index (χ1) is 8.87. The first kappa shape index (κ1) is 14.9. The molecule has 1 aromatic rings. The second-order valence-corrected chi connectivity index (χ2v) is 7.77. The van der Waals surface area contributed by atoms with Crippen molar-refractivity contribution in [2.75, 3.05) is 5.32 Å². The number of hydrogen-bond donors (Lipinski definition) is 1. The number of hydrogen-bond acceptors (Lipinski definition) is 1. The maximum atomic E-state index is 3.80. The fourth-order valence-corrected chi connectivity index (χ4v) is 3.83. The molecule has 0 spiro atoms. The van der Waals surface area contributed by atoms with Crippen LogP contribution in [-0.2, 0) is 0 Å². The number of rotatable bonds is 2. The van der Waals surface area contributed by atoms with Crippen LogP contribution in [0.15, 0.2) is 16.6 Å². The molecule has 106 valence electrons. The van der Waals surface area contributed by atoms with Gasteiger partial charge in [-0.05, 0) is 68.2 Å². The van der Waals surface area contributed by atoms with Gasteiger partial charge in [-0.15, -0.1) is 0 Å². The Bertz CT molecular complexity index is 428. The summed E-state index contributed by atoms with van der Waals surface area (Å²) >= 11 is 3.57. The van der Waals surface area contributed by atoms with Crippen LogP contribution in [0, 0.1) is 19.3 Å². The van der Waals surface area contributed by atoms with Crippen LogP contribution in [0.4, 0.5) is 5.69 Å². The Morgan fingerprint density at radius 2 is 1.74 bits per heavy atom. The van der Waals surface area contributed by atoms with Gasteiger partial charge >= 0.3 is 0 Å². The smallest absolute Gasteiger partial charge is 0.0402 e. The van der Waals surface area contributed by atoms with E-state index < -0.39 is 0 Å². The molecule has 1 aromatic carbocycles. The predicted octanol–water partition coefficient (Wildman–Crippen LogP) is 5.84. The molecule has 0 aromatic heterocycles. The SMILES string of the molecule is Cc1cc(Br)cc(C)c1NC1CCCC(C)(C)CC1. The molecule has 1 aliphatic carbocycles. The second kappa shape index (κ2) is 5.87. The largest absolute Gasteiger partial charge is 0.382 e. The number of halogens is 1. The van der Waals surface area contributed by atoms with E-state index in [0.29, 0.717) is 11.5 Å². The van der Waals surface area contributed by atoms with Gasteiger partial charge in [0.1, 0.15) is 0 Å².